The van der Waals surface area contributed by atoms with E-state index in [1.165, 1.54) is 12.1 Å². The van der Waals surface area contributed by atoms with Crippen molar-refractivity contribution in [2.75, 3.05) is 33.2 Å². The van der Waals surface area contributed by atoms with Gasteiger partial charge in [-0.25, -0.2) is 8.70 Å². The summed E-state index contributed by atoms with van der Waals surface area (Å²) in [7, 11) is 1.94. The second-order valence-corrected chi connectivity index (χ2v) is 9.46. The van der Waals surface area contributed by atoms with Crippen molar-refractivity contribution < 1.29 is 14.0 Å². The minimum atomic E-state index is -0.308. The molecule has 0 atom stereocenters. The predicted octanol–water partition coefficient (Wildman–Crippen LogP) is 4.14. The first-order chi connectivity index (χ1) is 14.5. The van der Waals surface area contributed by atoms with Gasteiger partial charge >= 0.3 is 0 Å². The molecular formula is C23H28FN3O2S. The van der Waals surface area contributed by atoms with Gasteiger partial charge in [0.25, 0.3) is 0 Å². The maximum absolute atomic E-state index is 13.1. The monoisotopic (exact) mass is 429 g/mol. The van der Waals surface area contributed by atoms with Gasteiger partial charge in [-0.1, -0.05) is 0 Å². The maximum Gasteiger partial charge on any atom is 0.195 e. The van der Waals surface area contributed by atoms with Gasteiger partial charge in [0.15, 0.2) is 11.6 Å². The van der Waals surface area contributed by atoms with Gasteiger partial charge in [0.2, 0.25) is 0 Å². The zero-order valence-corrected chi connectivity index (χ0v) is 18.2. The summed E-state index contributed by atoms with van der Waals surface area (Å²) in [6, 6.07) is 7.93. The van der Waals surface area contributed by atoms with Crippen molar-refractivity contribution in [2.24, 2.45) is 5.92 Å². The van der Waals surface area contributed by atoms with Crippen LogP contribution in [0.15, 0.2) is 41.4 Å². The molecule has 2 aromatic rings. The summed E-state index contributed by atoms with van der Waals surface area (Å²) in [4.78, 5) is 28.4. The molecule has 0 N–H and O–H groups in total. The molecule has 7 heteroatoms. The van der Waals surface area contributed by atoms with Crippen molar-refractivity contribution in [2.45, 2.75) is 37.1 Å². The smallest absolute Gasteiger partial charge is 0.195 e. The van der Waals surface area contributed by atoms with E-state index in [0.717, 1.165) is 62.5 Å². The fourth-order valence-corrected chi connectivity index (χ4v) is 5.33. The number of hydrogen-bond donors (Lipinski definition) is 0. The summed E-state index contributed by atoms with van der Waals surface area (Å²) in [6.07, 6.45) is 5.86. The average molecular weight is 430 g/mol. The number of aryl methyl sites for hydroxylation is 1. The number of fused-ring (bicyclic) bond motifs is 1. The fourth-order valence-electron chi connectivity index (χ4n) is 4.37. The average Bonchev–Trinajstić information content (AvgIpc) is 3.15. The molecule has 1 aromatic heterocycles. The van der Waals surface area contributed by atoms with Crippen molar-refractivity contribution in [3.8, 4) is 0 Å². The number of carbonyl (C=O) groups excluding carboxylic acids is 2. The SMILES string of the molecule is CN1CC(=O)c2c(ccn2CCCCN2CCC(C(=O)c3ccc(F)cc3)CC2)S1. The van der Waals surface area contributed by atoms with E-state index in [2.05, 4.69) is 9.47 Å². The van der Waals surface area contributed by atoms with E-state index >= 15 is 0 Å². The van der Waals surface area contributed by atoms with E-state index in [0.29, 0.717) is 12.1 Å². The van der Waals surface area contributed by atoms with Crippen molar-refractivity contribution in [1.82, 2.24) is 13.8 Å². The Labute approximate surface area is 181 Å². The number of rotatable bonds is 7. The van der Waals surface area contributed by atoms with E-state index < -0.39 is 0 Å². The minimum Gasteiger partial charge on any atom is -0.344 e. The molecule has 3 heterocycles. The zero-order valence-electron chi connectivity index (χ0n) is 17.3. The Morgan fingerprint density at radius 2 is 1.80 bits per heavy atom. The number of carbonyl (C=O) groups is 2. The molecule has 30 heavy (non-hydrogen) atoms. The Hall–Kier alpha value is -1.96. The van der Waals surface area contributed by atoms with E-state index in [-0.39, 0.29) is 23.3 Å². The van der Waals surface area contributed by atoms with Crippen LogP contribution in [0.4, 0.5) is 4.39 Å². The third-order valence-electron chi connectivity index (χ3n) is 6.02. The molecule has 160 valence electrons. The predicted molar refractivity (Wildman–Crippen MR) is 116 cm³/mol. The highest BCUT2D eigenvalue weighted by Crippen LogP contribution is 2.31. The molecule has 0 radical (unpaired) electrons. The number of benzene rings is 1. The zero-order chi connectivity index (χ0) is 21.1. The number of hydrogen-bond acceptors (Lipinski definition) is 5. The van der Waals surface area contributed by atoms with Crippen LogP contribution in [0.25, 0.3) is 0 Å². The molecule has 0 aliphatic carbocycles. The molecule has 5 nitrogen and oxygen atoms in total. The number of Topliss-reactive ketones (excluding diaryl/α,β-unsaturated/α-hetero) is 2. The highest BCUT2D eigenvalue weighted by atomic mass is 32.2. The van der Waals surface area contributed by atoms with Crippen LogP contribution < -0.4 is 0 Å². The molecule has 0 saturated carbocycles. The largest absolute Gasteiger partial charge is 0.344 e. The summed E-state index contributed by atoms with van der Waals surface area (Å²) in [5.41, 5.74) is 1.47. The van der Waals surface area contributed by atoms with E-state index in [1.54, 1.807) is 24.1 Å². The van der Waals surface area contributed by atoms with E-state index in [1.807, 2.05) is 23.6 Å². The number of aromatic nitrogens is 1. The lowest BCUT2D eigenvalue weighted by atomic mass is 9.89. The molecule has 0 amide bonds. The second-order valence-electron chi connectivity index (χ2n) is 8.22. The lowest BCUT2D eigenvalue weighted by Crippen LogP contribution is -2.37. The summed E-state index contributed by atoms with van der Waals surface area (Å²) in [6.45, 7) is 4.21. The highest BCUT2D eigenvalue weighted by molar-refractivity contribution is 7.97. The molecule has 2 aliphatic rings. The van der Waals surface area contributed by atoms with Crippen LogP contribution in [-0.2, 0) is 6.54 Å². The number of nitrogens with zero attached hydrogens (tertiary/aromatic N) is 3. The third-order valence-corrected chi connectivity index (χ3v) is 6.99. The van der Waals surface area contributed by atoms with Gasteiger partial charge in [-0.2, -0.15) is 0 Å². The lowest BCUT2D eigenvalue weighted by molar-refractivity contribution is 0.0838. The summed E-state index contributed by atoms with van der Waals surface area (Å²) in [5.74, 6) is 0.0707. The first-order valence-electron chi connectivity index (χ1n) is 10.6. The number of likely N-dealkylation sites (N-methyl/N-ethyl adjacent to an activating group) is 1. The Morgan fingerprint density at radius 3 is 2.53 bits per heavy atom. The molecule has 0 bridgehead atoms. The Bertz CT molecular complexity index is 904. The van der Waals surface area contributed by atoms with Gasteiger partial charge in [-0.3, -0.25) is 9.59 Å². The van der Waals surface area contributed by atoms with Crippen LogP contribution in [0.3, 0.4) is 0 Å². The van der Waals surface area contributed by atoms with Gasteiger partial charge in [-0.05, 0) is 94.6 Å². The van der Waals surface area contributed by atoms with Crippen LogP contribution in [0.5, 0.6) is 0 Å². The van der Waals surface area contributed by atoms with Crippen molar-refractivity contribution in [3.05, 3.63) is 53.6 Å². The summed E-state index contributed by atoms with van der Waals surface area (Å²) >= 11 is 1.64. The number of piperidine rings is 1. The van der Waals surface area contributed by atoms with Gasteiger partial charge in [-0.15, -0.1) is 0 Å². The maximum atomic E-state index is 13.1. The first-order valence-corrected chi connectivity index (χ1v) is 11.4. The lowest BCUT2D eigenvalue weighted by Gasteiger charge is -2.31. The molecule has 1 saturated heterocycles. The first kappa shape index (κ1) is 21.3. The summed E-state index contributed by atoms with van der Waals surface area (Å²) < 4.78 is 17.1. The standard InChI is InChI=1S/C23H28FN3O2S/c1-25-16-20(28)22-21(30-25)10-15-27(22)12-3-2-11-26-13-8-18(9-14-26)23(29)17-4-6-19(24)7-5-17/h4-7,10,15,18H,2-3,8-9,11-14,16H2,1H3. The quantitative estimate of drug-likeness (QED) is 0.376. The van der Waals surface area contributed by atoms with Crippen LogP contribution >= 0.6 is 11.9 Å². The molecule has 2 aliphatic heterocycles. The van der Waals surface area contributed by atoms with E-state index in [4.69, 9.17) is 0 Å². The van der Waals surface area contributed by atoms with E-state index in [9.17, 15) is 14.0 Å². The Balaban J connectivity index is 1.19. The molecule has 1 fully saturated rings. The number of halogens is 1. The number of unbranched alkanes of at least 4 members (excludes halogenated alkanes) is 1. The number of ketones is 2. The highest BCUT2D eigenvalue weighted by Gasteiger charge is 2.26. The molecule has 0 spiro atoms. The normalized spacial score (nSPS) is 18.5. The molecule has 0 unspecified atom stereocenters. The van der Waals surface area contributed by atoms with Crippen LogP contribution in [0.1, 0.15) is 46.5 Å². The summed E-state index contributed by atoms with van der Waals surface area (Å²) in [5, 5.41) is 0. The van der Waals surface area contributed by atoms with Crippen molar-refractivity contribution in [1.29, 1.82) is 0 Å². The minimum absolute atomic E-state index is 0.0414. The molecular weight excluding hydrogens is 401 g/mol. The van der Waals surface area contributed by atoms with Crippen LogP contribution in [0, 0.1) is 11.7 Å². The third kappa shape index (κ3) is 4.85. The van der Waals surface area contributed by atoms with Gasteiger partial charge in [0, 0.05) is 24.2 Å². The topological polar surface area (TPSA) is 45.6 Å². The Kier molecular flexibility index (Phi) is 6.71. The fraction of sp³-hybridized carbons (Fsp3) is 0.478. The van der Waals surface area contributed by atoms with Crippen molar-refractivity contribution in [3.63, 3.8) is 0 Å². The second kappa shape index (κ2) is 9.45. The van der Waals surface area contributed by atoms with Crippen LogP contribution in [0.2, 0.25) is 0 Å². The van der Waals surface area contributed by atoms with Gasteiger partial charge in [0.05, 0.1) is 11.4 Å². The van der Waals surface area contributed by atoms with Crippen LogP contribution in [-0.4, -0.2) is 58.6 Å². The number of likely N-dealkylation sites (tertiary alicyclic amines) is 1. The molecule has 1 aromatic carbocycles. The Morgan fingerprint density at radius 1 is 1.10 bits per heavy atom. The van der Waals surface area contributed by atoms with Crippen molar-refractivity contribution >= 4 is 23.5 Å². The van der Waals surface area contributed by atoms with Gasteiger partial charge < -0.3 is 9.47 Å². The van der Waals surface area contributed by atoms with Gasteiger partial charge in [0.1, 0.15) is 11.5 Å². The molecule has 4 rings (SSSR count).